The second-order valence-corrected chi connectivity index (χ2v) is 19.8. The Morgan fingerprint density at radius 1 is 0.554 bits per heavy atom. The van der Waals surface area contributed by atoms with E-state index in [1.54, 1.807) is 6.08 Å². The second-order valence-electron chi connectivity index (χ2n) is 19.8. The smallest absolute Gasteiger partial charge is 0.306 e. The molecular weight excluding hydrogens is 931 g/mol. The summed E-state index contributed by atoms with van der Waals surface area (Å²) in [6.45, 7) is 5.54. The van der Waals surface area contributed by atoms with Gasteiger partial charge in [0.25, 0.3) is 0 Å². The number of hydrogen-bond donors (Lipinski definition) is 6. The van der Waals surface area contributed by atoms with Crippen molar-refractivity contribution in [1.29, 1.82) is 0 Å². The van der Waals surface area contributed by atoms with Gasteiger partial charge in [-0.3, -0.25) is 9.59 Å². The minimum atomic E-state index is -1.64. The van der Waals surface area contributed by atoms with Crippen molar-refractivity contribution in [1.82, 2.24) is 5.32 Å². The lowest BCUT2D eigenvalue weighted by molar-refractivity contribution is -0.305. The van der Waals surface area contributed by atoms with Crippen molar-refractivity contribution < 1.29 is 49.3 Å². The molecule has 1 heterocycles. The number of rotatable bonds is 47. The fourth-order valence-electron chi connectivity index (χ4n) is 8.39. The van der Waals surface area contributed by atoms with Gasteiger partial charge in [0, 0.05) is 6.42 Å². The Bertz CT molecular complexity index is 1610. The Kier molecular flexibility index (Phi) is 46.3. The lowest BCUT2D eigenvalue weighted by atomic mass is 9.99. The molecule has 8 atom stereocenters. The Morgan fingerprint density at radius 3 is 1.58 bits per heavy atom. The average Bonchev–Trinajstić information content (AvgIpc) is 3.40. The summed E-state index contributed by atoms with van der Waals surface area (Å²) in [5.41, 5.74) is 0. The molecule has 0 saturated carbocycles. The summed E-state index contributed by atoms with van der Waals surface area (Å²) in [6, 6.07) is -1.07. The standard InChI is InChI=1S/C63H105NO10/c1-4-7-10-13-16-19-22-25-26-27-28-29-30-31-32-33-36-39-42-45-48-51-58(68)74-61-60(70)59(69)57(52-65)73-63(61)72-53-54(55(66)49-46-43-40-37-34-23-20-17-14-11-8-5-2)64-62(71)56(67)50-47-44-41-38-35-24-21-18-15-12-9-6-3/h9,12,15-16,18-19,21,24-26,28-29,35,38,41,44,46,49,54-57,59-61,63,65-67,69-70H,4-8,10-11,13-14,17,20,22-23,27,30-34,36-37,39-40,42-43,45,47-48,50-53H2,1-3H3,(H,64,71)/b12-9+,18-15+,19-16-,24-21-,26-25-,29-28-,38-35-,44-41+,49-46+. The first-order valence-electron chi connectivity index (χ1n) is 29.2. The maximum Gasteiger partial charge on any atom is 0.306 e. The van der Waals surface area contributed by atoms with Gasteiger partial charge in [0.2, 0.25) is 5.91 Å². The van der Waals surface area contributed by atoms with E-state index < -0.39 is 67.4 Å². The van der Waals surface area contributed by atoms with E-state index in [1.807, 2.05) is 60.8 Å². The maximum atomic E-state index is 13.3. The van der Waals surface area contributed by atoms with E-state index in [-0.39, 0.29) is 19.4 Å². The van der Waals surface area contributed by atoms with Crippen LogP contribution in [0.4, 0.5) is 0 Å². The largest absolute Gasteiger partial charge is 0.454 e. The summed E-state index contributed by atoms with van der Waals surface area (Å²) in [5.74, 6) is -1.29. The zero-order valence-corrected chi connectivity index (χ0v) is 46.4. The third-order valence-corrected chi connectivity index (χ3v) is 13.0. The molecule has 0 aromatic carbocycles. The van der Waals surface area contributed by atoms with Gasteiger partial charge in [-0.05, 0) is 77.0 Å². The van der Waals surface area contributed by atoms with E-state index in [1.165, 1.54) is 89.9 Å². The van der Waals surface area contributed by atoms with Crippen LogP contribution in [0.1, 0.15) is 213 Å². The number of esters is 1. The highest BCUT2D eigenvalue weighted by Gasteiger charge is 2.47. The number of nitrogens with one attached hydrogen (secondary N) is 1. The van der Waals surface area contributed by atoms with Crippen molar-refractivity contribution in [2.45, 2.75) is 262 Å². The lowest BCUT2D eigenvalue weighted by Gasteiger charge is -2.41. The Hall–Kier alpha value is -3.68. The number of allylic oxidation sites excluding steroid dienone is 17. The van der Waals surface area contributed by atoms with Gasteiger partial charge < -0.3 is 45.1 Å². The summed E-state index contributed by atoms with van der Waals surface area (Å²) < 4.78 is 17.5. The van der Waals surface area contributed by atoms with Crippen LogP contribution in [0.3, 0.4) is 0 Å². The molecule has 0 aromatic heterocycles. The summed E-state index contributed by atoms with van der Waals surface area (Å²) in [6.07, 6.45) is 57.2. The molecule has 0 radical (unpaired) electrons. The number of carbonyl (C=O) groups is 2. The van der Waals surface area contributed by atoms with E-state index in [0.717, 1.165) is 77.0 Å². The number of unbranched alkanes of at least 4 members (excludes halogenated alkanes) is 21. The Labute approximate surface area is 449 Å². The van der Waals surface area contributed by atoms with Crippen LogP contribution >= 0.6 is 0 Å². The molecule has 0 aliphatic carbocycles. The van der Waals surface area contributed by atoms with Crippen LogP contribution < -0.4 is 5.32 Å². The second kappa shape index (κ2) is 50.2. The van der Waals surface area contributed by atoms with Gasteiger partial charge in [0.1, 0.15) is 24.4 Å². The molecule has 0 spiro atoms. The molecule has 1 aliphatic heterocycles. The molecule has 1 fully saturated rings. The molecule has 1 amide bonds. The van der Waals surface area contributed by atoms with E-state index in [4.69, 9.17) is 14.2 Å². The van der Waals surface area contributed by atoms with Crippen molar-refractivity contribution in [3.05, 3.63) is 109 Å². The maximum absolute atomic E-state index is 13.3. The first kappa shape index (κ1) is 68.3. The molecule has 11 nitrogen and oxygen atoms in total. The van der Waals surface area contributed by atoms with Crippen molar-refractivity contribution in [3.63, 3.8) is 0 Å². The number of carbonyl (C=O) groups excluding carboxylic acids is 2. The molecule has 1 aliphatic rings. The number of amides is 1. The molecule has 0 bridgehead atoms. The first-order chi connectivity index (χ1) is 36.2. The number of aliphatic hydroxyl groups excluding tert-OH is 5. The van der Waals surface area contributed by atoms with Crippen molar-refractivity contribution in [2.24, 2.45) is 0 Å². The van der Waals surface area contributed by atoms with Crippen LogP contribution in [0.25, 0.3) is 0 Å². The van der Waals surface area contributed by atoms with Crippen LogP contribution in [0.15, 0.2) is 109 Å². The van der Waals surface area contributed by atoms with E-state index in [9.17, 15) is 35.1 Å². The van der Waals surface area contributed by atoms with Crippen molar-refractivity contribution in [2.75, 3.05) is 13.2 Å². The van der Waals surface area contributed by atoms with E-state index in [0.29, 0.717) is 12.8 Å². The Balaban J connectivity index is 2.72. The minimum Gasteiger partial charge on any atom is -0.454 e. The number of aliphatic hydroxyl groups is 5. The van der Waals surface area contributed by atoms with E-state index in [2.05, 4.69) is 68.6 Å². The zero-order valence-electron chi connectivity index (χ0n) is 46.4. The molecule has 422 valence electrons. The minimum absolute atomic E-state index is 0.100. The quantitative estimate of drug-likeness (QED) is 0.0149. The van der Waals surface area contributed by atoms with E-state index >= 15 is 0 Å². The summed E-state index contributed by atoms with van der Waals surface area (Å²) in [4.78, 5) is 26.4. The van der Waals surface area contributed by atoms with Crippen LogP contribution in [0, 0.1) is 0 Å². The van der Waals surface area contributed by atoms with Crippen LogP contribution in [0.2, 0.25) is 0 Å². The SMILES string of the molecule is CC/C=C/C=C/C=C\C=C/C=C/CCC(O)C(=O)NC(COC1OC(CO)C(O)C(O)C1OC(=O)CCCCCCCCCC/C=C\C/C=C\C/C=C\CCCCC)C(O)/C=C/CCCCCCCCCCCC. The molecule has 1 saturated heterocycles. The lowest BCUT2D eigenvalue weighted by Crippen LogP contribution is -2.61. The highest BCUT2D eigenvalue weighted by atomic mass is 16.7. The van der Waals surface area contributed by atoms with Gasteiger partial charge in [0.05, 0.1) is 25.4 Å². The Morgan fingerprint density at radius 2 is 1.03 bits per heavy atom. The molecule has 11 heteroatoms. The van der Waals surface area contributed by atoms with Crippen molar-refractivity contribution in [3.8, 4) is 0 Å². The fourth-order valence-corrected chi connectivity index (χ4v) is 8.39. The van der Waals surface area contributed by atoms with Crippen LogP contribution in [-0.4, -0.2) is 99.6 Å². The third-order valence-electron chi connectivity index (χ3n) is 13.0. The van der Waals surface area contributed by atoms with Gasteiger partial charge in [-0.1, -0.05) is 239 Å². The van der Waals surface area contributed by atoms with Crippen LogP contribution in [0.5, 0.6) is 0 Å². The van der Waals surface area contributed by atoms with Gasteiger partial charge in [-0.15, -0.1) is 0 Å². The topological polar surface area (TPSA) is 175 Å². The number of ether oxygens (including phenoxy) is 3. The zero-order chi connectivity index (χ0) is 54.0. The van der Waals surface area contributed by atoms with Gasteiger partial charge in [0.15, 0.2) is 12.4 Å². The summed E-state index contributed by atoms with van der Waals surface area (Å²) >= 11 is 0. The molecular formula is C63H105NO10. The summed E-state index contributed by atoms with van der Waals surface area (Å²) in [7, 11) is 0. The molecule has 8 unspecified atom stereocenters. The van der Waals surface area contributed by atoms with Crippen LogP contribution in [-0.2, 0) is 23.8 Å². The predicted molar refractivity (Wildman–Crippen MR) is 305 cm³/mol. The first-order valence-corrected chi connectivity index (χ1v) is 29.2. The number of hydrogen-bond acceptors (Lipinski definition) is 10. The molecule has 6 N–H and O–H groups in total. The third kappa shape index (κ3) is 38.0. The normalized spacial score (nSPS) is 20.1. The molecule has 1 rings (SSSR count). The van der Waals surface area contributed by atoms with Gasteiger partial charge in [-0.25, -0.2) is 0 Å². The highest BCUT2D eigenvalue weighted by molar-refractivity contribution is 5.80. The highest BCUT2D eigenvalue weighted by Crippen LogP contribution is 2.26. The molecule has 74 heavy (non-hydrogen) atoms. The predicted octanol–water partition coefficient (Wildman–Crippen LogP) is 13.3. The fraction of sp³-hybridized carbons (Fsp3) is 0.683. The van der Waals surface area contributed by atoms with Gasteiger partial charge >= 0.3 is 5.97 Å². The van der Waals surface area contributed by atoms with Crippen molar-refractivity contribution >= 4 is 11.9 Å². The average molecular weight is 1040 g/mol. The van der Waals surface area contributed by atoms with Gasteiger partial charge in [-0.2, -0.15) is 0 Å². The summed E-state index contributed by atoms with van der Waals surface area (Å²) in [5, 5.41) is 56.7. The monoisotopic (exact) mass is 1040 g/mol. The molecule has 0 aromatic rings.